The summed E-state index contributed by atoms with van der Waals surface area (Å²) >= 11 is 0. The standard InChI is InChI=1S/C33H38Si/c1-8-26-18-27(9-2)20-29(19-26)34-33(30-16-15-21(3)17-22(30)4)32-25(7)23(5)24(6)31(32)28-13-11-10-12-14-28/h10-20,32-33H,8-9H2,1-7H3. The molecule has 1 heteroatoms. The summed E-state index contributed by atoms with van der Waals surface area (Å²) in [6.07, 6.45) is 2.19. The van der Waals surface area contributed by atoms with Gasteiger partial charge in [0.2, 0.25) is 0 Å². The van der Waals surface area contributed by atoms with Crippen LogP contribution in [0, 0.1) is 19.8 Å². The van der Waals surface area contributed by atoms with Gasteiger partial charge in [-0.1, -0.05) is 96.9 Å². The van der Waals surface area contributed by atoms with Crippen molar-refractivity contribution in [3.63, 3.8) is 0 Å². The Hall–Kier alpha value is -2.64. The number of allylic oxidation sites excluding steroid dienone is 4. The molecule has 0 saturated heterocycles. The van der Waals surface area contributed by atoms with E-state index in [1.165, 1.54) is 60.9 Å². The number of rotatable bonds is 7. The van der Waals surface area contributed by atoms with Crippen molar-refractivity contribution in [1.82, 2.24) is 0 Å². The molecule has 3 aromatic rings. The highest BCUT2D eigenvalue weighted by Gasteiger charge is 2.36. The van der Waals surface area contributed by atoms with Gasteiger partial charge in [-0.25, -0.2) is 0 Å². The van der Waals surface area contributed by atoms with E-state index in [0.717, 1.165) is 22.4 Å². The molecule has 1 aliphatic carbocycles. The van der Waals surface area contributed by atoms with Gasteiger partial charge < -0.3 is 0 Å². The highest BCUT2D eigenvalue weighted by Crippen LogP contribution is 2.49. The van der Waals surface area contributed by atoms with Crippen LogP contribution in [0.25, 0.3) is 5.57 Å². The van der Waals surface area contributed by atoms with E-state index in [1.807, 2.05) is 0 Å². The van der Waals surface area contributed by atoms with Gasteiger partial charge in [-0.2, -0.15) is 0 Å². The van der Waals surface area contributed by atoms with Crippen LogP contribution in [0.3, 0.4) is 0 Å². The predicted octanol–water partition coefficient (Wildman–Crippen LogP) is 7.94. The average molecular weight is 463 g/mol. The summed E-state index contributed by atoms with van der Waals surface area (Å²) in [4.78, 5) is 0. The minimum Gasteiger partial charge on any atom is -0.0630 e. The fraction of sp³-hybridized carbons (Fsp3) is 0.333. The molecule has 34 heavy (non-hydrogen) atoms. The second-order valence-electron chi connectivity index (χ2n) is 9.92. The molecule has 2 atom stereocenters. The molecule has 0 heterocycles. The molecule has 174 valence electrons. The van der Waals surface area contributed by atoms with E-state index in [0.29, 0.717) is 11.5 Å². The normalized spacial score (nSPS) is 17.0. The fourth-order valence-corrected chi connectivity index (χ4v) is 7.52. The van der Waals surface area contributed by atoms with Crippen molar-refractivity contribution >= 4 is 20.3 Å². The summed E-state index contributed by atoms with van der Waals surface area (Å²) in [5.41, 5.74) is 15.0. The molecule has 3 aromatic carbocycles. The molecule has 0 N–H and O–H groups in total. The van der Waals surface area contributed by atoms with E-state index in [1.54, 1.807) is 0 Å². The summed E-state index contributed by atoms with van der Waals surface area (Å²) in [5, 5.41) is 1.50. The van der Waals surface area contributed by atoms with Crippen molar-refractivity contribution < 1.29 is 0 Å². The van der Waals surface area contributed by atoms with E-state index < -0.39 is 0 Å². The fourth-order valence-electron chi connectivity index (χ4n) is 5.56. The third-order valence-electron chi connectivity index (χ3n) is 7.71. The first-order valence-electron chi connectivity index (χ1n) is 12.7. The largest absolute Gasteiger partial charge is 0.0901 e. The molecule has 0 spiro atoms. The van der Waals surface area contributed by atoms with Crippen LogP contribution < -0.4 is 5.19 Å². The number of hydrogen-bond acceptors (Lipinski definition) is 0. The SMILES string of the molecule is CCc1cc(CC)cc([Si]C(c2ccc(C)cc2C)C2C(C)=C(C)C(C)=C2c2ccccc2)c1. The van der Waals surface area contributed by atoms with Crippen LogP contribution in [-0.2, 0) is 12.8 Å². The molecular weight excluding hydrogens is 424 g/mol. The first kappa shape index (κ1) is 24.5. The van der Waals surface area contributed by atoms with Crippen LogP contribution in [0.1, 0.15) is 73.5 Å². The zero-order valence-corrected chi connectivity index (χ0v) is 22.9. The molecule has 2 unspecified atom stereocenters. The Balaban J connectivity index is 1.89. The van der Waals surface area contributed by atoms with E-state index in [4.69, 9.17) is 0 Å². The molecule has 0 bridgehead atoms. The molecule has 4 rings (SSSR count). The Morgan fingerprint density at radius 1 is 0.735 bits per heavy atom. The van der Waals surface area contributed by atoms with Crippen molar-refractivity contribution in [2.75, 3.05) is 0 Å². The summed E-state index contributed by atoms with van der Waals surface area (Å²) in [6.45, 7) is 16.1. The molecule has 1 aliphatic rings. The second-order valence-corrected chi connectivity index (χ2v) is 11.4. The maximum atomic E-state index is 2.47. The van der Waals surface area contributed by atoms with Crippen LogP contribution >= 0.6 is 0 Å². The lowest BCUT2D eigenvalue weighted by Crippen LogP contribution is -2.30. The first-order valence-corrected chi connectivity index (χ1v) is 13.8. The molecule has 0 aromatic heterocycles. The van der Waals surface area contributed by atoms with Crippen LogP contribution in [0.5, 0.6) is 0 Å². The molecule has 2 radical (unpaired) electrons. The lowest BCUT2D eigenvalue weighted by molar-refractivity contribution is 0.740. The van der Waals surface area contributed by atoms with Crippen molar-refractivity contribution in [3.05, 3.63) is 117 Å². The van der Waals surface area contributed by atoms with Gasteiger partial charge in [-0.05, 0) is 97.5 Å². The molecular formula is C33H38Si. The van der Waals surface area contributed by atoms with Gasteiger partial charge in [-0.3, -0.25) is 0 Å². The summed E-state index contributed by atoms with van der Waals surface area (Å²) < 4.78 is 0. The zero-order chi connectivity index (χ0) is 24.4. The maximum Gasteiger partial charge on any atom is 0.0901 e. The Morgan fingerprint density at radius 3 is 1.97 bits per heavy atom. The lowest BCUT2D eigenvalue weighted by Gasteiger charge is -2.30. The van der Waals surface area contributed by atoms with Crippen LogP contribution in [0.4, 0.5) is 0 Å². The highest BCUT2D eigenvalue weighted by atomic mass is 28.2. The first-order chi connectivity index (χ1) is 16.3. The van der Waals surface area contributed by atoms with Crippen molar-refractivity contribution in [2.45, 2.75) is 66.8 Å². The smallest absolute Gasteiger partial charge is 0.0630 e. The number of hydrogen-bond donors (Lipinski definition) is 0. The van der Waals surface area contributed by atoms with E-state index in [-0.39, 0.29) is 0 Å². The van der Waals surface area contributed by atoms with Crippen LogP contribution in [-0.4, -0.2) is 9.52 Å². The summed E-state index contributed by atoms with van der Waals surface area (Å²) in [6, 6.07) is 25.5. The Bertz CT molecular complexity index is 1220. The van der Waals surface area contributed by atoms with Crippen LogP contribution in [0.15, 0.2) is 83.4 Å². The monoisotopic (exact) mass is 462 g/mol. The molecule has 0 fully saturated rings. The van der Waals surface area contributed by atoms with Gasteiger partial charge in [0.25, 0.3) is 0 Å². The summed E-state index contributed by atoms with van der Waals surface area (Å²) in [5.74, 6) is 0.400. The number of benzene rings is 3. The zero-order valence-electron chi connectivity index (χ0n) is 21.9. The van der Waals surface area contributed by atoms with Crippen molar-refractivity contribution in [3.8, 4) is 0 Å². The van der Waals surface area contributed by atoms with Gasteiger partial charge in [0.05, 0.1) is 9.52 Å². The van der Waals surface area contributed by atoms with E-state index in [9.17, 15) is 0 Å². The Kier molecular flexibility index (Phi) is 7.43. The third kappa shape index (κ3) is 4.77. The predicted molar refractivity (Wildman–Crippen MR) is 150 cm³/mol. The highest BCUT2D eigenvalue weighted by molar-refractivity contribution is 6.55. The van der Waals surface area contributed by atoms with Gasteiger partial charge in [0.1, 0.15) is 0 Å². The van der Waals surface area contributed by atoms with Gasteiger partial charge in [0, 0.05) is 5.92 Å². The minimum absolute atomic E-state index is 0.400. The number of aryl methyl sites for hydroxylation is 4. The van der Waals surface area contributed by atoms with Crippen molar-refractivity contribution in [2.24, 2.45) is 5.92 Å². The second kappa shape index (κ2) is 10.3. The average Bonchev–Trinajstić information content (AvgIpc) is 3.07. The van der Waals surface area contributed by atoms with Crippen molar-refractivity contribution in [1.29, 1.82) is 0 Å². The quantitative estimate of drug-likeness (QED) is 0.313. The summed E-state index contributed by atoms with van der Waals surface area (Å²) in [7, 11) is 0.727. The topological polar surface area (TPSA) is 0 Å². The Morgan fingerprint density at radius 2 is 1.38 bits per heavy atom. The van der Waals surface area contributed by atoms with Crippen LogP contribution in [0.2, 0.25) is 0 Å². The van der Waals surface area contributed by atoms with Gasteiger partial charge in [0.15, 0.2) is 0 Å². The van der Waals surface area contributed by atoms with E-state index >= 15 is 0 Å². The molecule has 0 amide bonds. The van der Waals surface area contributed by atoms with Gasteiger partial charge in [-0.15, -0.1) is 0 Å². The lowest BCUT2D eigenvalue weighted by atomic mass is 9.83. The Labute approximate surface area is 209 Å². The van der Waals surface area contributed by atoms with E-state index in [2.05, 4.69) is 115 Å². The maximum absolute atomic E-state index is 2.47. The third-order valence-corrected chi connectivity index (χ3v) is 9.28. The molecule has 0 aliphatic heterocycles. The molecule has 0 nitrogen and oxygen atoms in total. The minimum atomic E-state index is 0.400. The molecule has 0 saturated carbocycles. The van der Waals surface area contributed by atoms with Gasteiger partial charge >= 0.3 is 0 Å².